The lowest BCUT2D eigenvalue weighted by atomic mass is 10.2. The molecule has 0 spiro atoms. The molecule has 0 atom stereocenters. The van der Waals surface area contributed by atoms with Crippen LogP contribution in [0.15, 0.2) is 89.4 Å². The highest BCUT2D eigenvalue weighted by Crippen LogP contribution is 2.26. The number of pyridine rings is 1. The van der Waals surface area contributed by atoms with Crippen LogP contribution >= 0.6 is 23.1 Å². The van der Waals surface area contributed by atoms with Crippen molar-refractivity contribution < 1.29 is 14.1 Å². The zero-order valence-corrected chi connectivity index (χ0v) is 20.8. The summed E-state index contributed by atoms with van der Waals surface area (Å²) in [7, 11) is 1.65. The Kier molecular flexibility index (Phi) is 8.71. The number of rotatable bonds is 11. The van der Waals surface area contributed by atoms with Crippen LogP contribution in [0.1, 0.15) is 24.8 Å². The molecule has 2 aromatic heterocycles. The molecule has 4 rings (SSSR count). The standard InChI is InChI=1S/C27H27N3O2S2/c1-32-23-12-10-22(11-13-23)25-20-34-27(28-25)29-26(31)9-5-6-18-33-24-14-16-30(17-15-24)19-21-7-3-2-4-8-21/h2-4,7-8,10-17,20H,5-6,9,18-19H2,1H3/p+1. The molecule has 1 amide bonds. The van der Waals surface area contributed by atoms with E-state index in [0.29, 0.717) is 11.6 Å². The second-order valence-corrected chi connectivity index (χ2v) is 9.84. The highest BCUT2D eigenvalue weighted by atomic mass is 32.2. The van der Waals surface area contributed by atoms with Crippen LogP contribution in [0.5, 0.6) is 5.75 Å². The molecule has 4 aromatic rings. The van der Waals surface area contributed by atoms with Gasteiger partial charge in [-0.25, -0.2) is 9.55 Å². The van der Waals surface area contributed by atoms with Gasteiger partial charge in [0.05, 0.1) is 12.8 Å². The van der Waals surface area contributed by atoms with Gasteiger partial charge in [-0.15, -0.1) is 23.1 Å². The highest BCUT2D eigenvalue weighted by Gasteiger charge is 2.09. The quantitative estimate of drug-likeness (QED) is 0.158. The summed E-state index contributed by atoms with van der Waals surface area (Å²) in [6.07, 6.45) is 6.60. The molecule has 0 saturated heterocycles. The minimum atomic E-state index is 0.0160. The average molecular weight is 491 g/mol. The lowest BCUT2D eigenvalue weighted by molar-refractivity contribution is -0.688. The SMILES string of the molecule is COc1ccc(-c2csc(NC(=O)CCCCSc3cc[n+](Cc4ccccc4)cc3)n2)cc1. The van der Waals surface area contributed by atoms with Gasteiger partial charge in [-0.1, -0.05) is 30.3 Å². The van der Waals surface area contributed by atoms with Gasteiger partial charge < -0.3 is 10.1 Å². The van der Waals surface area contributed by atoms with Crippen molar-refractivity contribution in [2.75, 3.05) is 18.2 Å². The van der Waals surface area contributed by atoms with Gasteiger partial charge in [-0.05, 0) is 42.9 Å². The topological polar surface area (TPSA) is 55.1 Å². The maximum Gasteiger partial charge on any atom is 0.226 e. The summed E-state index contributed by atoms with van der Waals surface area (Å²) in [5, 5.41) is 5.52. The normalized spacial score (nSPS) is 10.7. The molecule has 0 aliphatic carbocycles. The first-order valence-corrected chi connectivity index (χ1v) is 13.1. The lowest BCUT2D eigenvalue weighted by Gasteiger charge is -2.03. The number of hydrogen-bond acceptors (Lipinski definition) is 5. The van der Waals surface area contributed by atoms with Crippen LogP contribution in [-0.4, -0.2) is 23.8 Å². The Morgan fingerprint density at radius 1 is 1.03 bits per heavy atom. The molecule has 2 heterocycles. The van der Waals surface area contributed by atoms with Crippen molar-refractivity contribution >= 4 is 34.1 Å². The van der Waals surface area contributed by atoms with E-state index in [1.165, 1.54) is 21.8 Å². The van der Waals surface area contributed by atoms with Gasteiger partial charge >= 0.3 is 0 Å². The lowest BCUT2D eigenvalue weighted by Crippen LogP contribution is -2.32. The number of ether oxygens (including phenoxy) is 1. The number of thiazole rings is 1. The number of thioether (sulfide) groups is 1. The van der Waals surface area contributed by atoms with Crippen LogP contribution in [0.25, 0.3) is 11.3 Å². The van der Waals surface area contributed by atoms with Crippen LogP contribution in [0.3, 0.4) is 0 Å². The van der Waals surface area contributed by atoms with E-state index in [0.717, 1.165) is 42.1 Å². The van der Waals surface area contributed by atoms with Crippen molar-refractivity contribution in [1.29, 1.82) is 0 Å². The summed E-state index contributed by atoms with van der Waals surface area (Å²) in [4.78, 5) is 18.1. The Bertz CT molecular complexity index is 1180. The summed E-state index contributed by atoms with van der Waals surface area (Å²) in [5.41, 5.74) is 3.15. The van der Waals surface area contributed by atoms with Gasteiger partial charge in [0.15, 0.2) is 24.1 Å². The Morgan fingerprint density at radius 3 is 2.53 bits per heavy atom. The number of unbranched alkanes of at least 4 members (excludes halogenated alkanes) is 1. The molecular formula is C27H28N3O2S2+. The van der Waals surface area contributed by atoms with Gasteiger partial charge in [0.25, 0.3) is 0 Å². The first-order chi connectivity index (χ1) is 16.7. The third kappa shape index (κ3) is 7.17. The fourth-order valence-corrected chi connectivity index (χ4v) is 5.06. The molecule has 0 aliphatic rings. The number of anilines is 1. The van der Waals surface area contributed by atoms with Gasteiger partial charge in [-0.2, -0.15) is 0 Å². The number of aromatic nitrogens is 2. The summed E-state index contributed by atoms with van der Waals surface area (Å²) in [5.74, 6) is 1.82. The van der Waals surface area contributed by atoms with Crippen molar-refractivity contribution in [2.24, 2.45) is 0 Å². The molecule has 7 heteroatoms. The predicted molar refractivity (Wildman–Crippen MR) is 139 cm³/mol. The molecular weight excluding hydrogens is 462 g/mol. The molecule has 1 N–H and O–H groups in total. The van der Waals surface area contributed by atoms with Crippen molar-refractivity contribution in [2.45, 2.75) is 30.7 Å². The van der Waals surface area contributed by atoms with E-state index in [4.69, 9.17) is 4.74 Å². The average Bonchev–Trinajstić information content (AvgIpc) is 3.34. The number of carbonyl (C=O) groups excluding carboxylic acids is 1. The highest BCUT2D eigenvalue weighted by molar-refractivity contribution is 7.99. The zero-order valence-electron chi connectivity index (χ0n) is 19.1. The summed E-state index contributed by atoms with van der Waals surface area (Å²) < 4.78 is 7.37. The number of nitrogens with zero attached hydrogens (tertiary/aromatic N) is 2. The van der Waals surface area contributed by atoms with Crippen LogP contribution in [0, 0.1) is 0 Å². The summed E-state index contributed by atoms with van der Waals surface area (Å²) in [6.45, 7) is 0.877. The molecule has 0 radical (unpaired) electrons. The minimum Gasteiger partial charge on any atom is -0.497 e. The van der Waals surface area contributed by atoms with E-state index in [1.54, 1.807) is 7.11 Å². The largest absolute Gasteiger partial charge is 0.497 e. The van der Waals surface area contributed by atoms with E-state index in [2.05, 4.69) is 63.7 Å². The van der Waals surface area contributed by atoms with Crippen molar-refractivity contribution in [3.63, 3.8) is 0 Å². The molecule has 5 nitrogen and oxygen atoms in total. The minimum absolute atomic E-state index is 0.0160. The number of amides is 1. The van der Waals surface area contributed by atoms with Gasteiger partial charge in [0, 0.05) is 40.0 Å². The monoisotopic (exact) mass is 490 g/mol. The second-order valence-electron chi connectivity index (χ2n) is 7.81. The predicted octanol–water partition coefficient (Wildman–Crippen LogP) is 6.06. The molecule has 0 unspecified atom stereocenters. The fraction of sp³-hybridized carbons (Fsp3) is 0.222. The Labute approximate surface area is 208 Å². The van der Waals surface area contributed by atoms with Crippen LogP contribution in [0.4, 0.5) is 5.13 Å². The molecule has 2 aromatic carbocycles. The first-order valence-electron chi connectivity index (χ1n) is 11.3. The van der Waals surface area contributed by atoms with Crippen molar-refractivity contribution in [3.8, 4) is 17.0 Å². The van der Waals surface area contributed by atoms with E-state index in [-0.39, 0.29) is 5.91 Å². The number of hydrogen-bond donors (Lipinski definition) is 1. The molecule has 174 valence electrons. The Morgan fingerprint density at radius 2 is 1.79 bits per heavy atom. The van der Waals surface area contributed by atoms with Crippen LogP contribution in [0.2, 0.25) is 0 Å². The van der Waals surface area contributed by atoms with Gasteiger partial charge in [0.1, 0.15) is 5.75 Å². The maximum absolute atomic E-state index is 12.3. The third-order valence-corrected chi connectivity index (χ3v) is 7.13. The number of methoxy groups -OCH3 is 1. The van der Waals surface area contributed by atoms with E-state index < -0.39 is 0 Å². The van der Waals surface area contributed by atoms with Gasteiger partial charge in [0.2, 0.25) is 5.91 Å². The van der Waals surface area contributed by atoms with Crippen molar-refractivity contribution in [1.82, 2.24) is 4.98 Å². The van der Waals surface area contributed by atoms with E-state index in [9.17, 15) is 4.79 Å². The van der Waals surface area contributed by atoms with E-state index in [1.807, 2.05) is 47.5 Å². The number of nitrogens with one attached hydrogen (secondary N) is 1. The summed E-state index contributed by atoms with van der Waals surface area (Å²) in [6, 6.07) is 22.5. The number of benzene rings is 2. The van der Waals surface area contributed by atoms with Crippen molar-refractivity contribution in [3.05, 3.63) is 90.1 Å². The number of carbonyl (C=O) groups is 1. The van der Waals surface area contributed by atoms with Gasteiger partial charge in [-0.3, -0.25) is 4.79 Å². The van der Waals surface area contributed by atoms with E-state index >= 15 is 0 Å². The maximum atomic E-state index is 12.3. The van der Waals surface area contributed by atoms with Crippen LogP contribution < -0.4 is 14.6 Å². The Hall–Kier alpha value is -3.16. The molecule has 34 heavy (non-hydrogen) atoms. The molecule has 0 bridgehead atoms. The summed E-state index contributed by atoms with van der Waals surface area (Å²) >= 11 is 3.28. The Balaban J connectivity index is 1.14. The van der Waals surface area contributed by atoms with Crippen LogP contribution in [-0.2, 0) is 11.3 Å². The smallest absolute Gasteiger partial charge is 0.226 e. The third-order valence-electron chi connectivity index (χ3n) is 5.27. The molecule has 0 aliphatic heterocycles. The zero-order chi connectivity index (χ0) is 23.6. The second kappa shape index (κ2) is 12.3. The first kappa shape index (κ1) is 24.0. The molecule has 0 saturated carbocycles. The molecule has 0 fully saturated rings. The fourth-order valence-electron chi connectivity index (χ4n) is 3.42.